The van der Waals surface area contributed by atoms with Crippen LogP contribution >= 0.6 is 15.9 Å². The Balaban J connectivity index is 2.66. The lowest BCUT2D eigenvalue weighted by molar-refractivity contribution is 0.111. The molecule has 0 unspecified atom stereocenters. The van der Waals surface area contributed by atoms with Crippen LogP contribution < -0.4 is 0 Å². The maximum absolute atomic E-state index is 13.8. The molecule has 0 atom stereocenters. The molecule has 0 spiro atoms. The number of hydrogen-bond donors (Lipinski definition) is 0. The summed E-state index contributed by atoms with van der Waals surface area (Å²) >= 11 is 3.09. The number of nitrogens with zero attached hydrogens (tertiary/aromatic N) is 2. The van der Waals surface area contributed by atoms with E-state index in [0.29, 0.717) is 22.1 Å². The Morgan fingerprint density at radius 2 is 2.25 bits per heavy atom. The molecule has 0 N–H and O–H groups in total. The number of rotatable bonds is 2. The maximum Gasteiger partial charge on any atom is 0.168 e. The van der Waals surface area contributed by atoms with Crippen LogP contribution in [0.5, 0.6) is 0 Å². The van der Waals surface area contributed by atoms with Crippen LogP contribution in [0.15, 0.2) is 28.7 Å². The van der Waals surface area contributed by atoms with Crippen molar-refractivity contribution in [2.45, 2.75) is 6.92 Å². The van der Waals surface area contributed by atoms with Gasteiger partial charge in [-0.2, -0.15) is 5.10 Å². The lowest BCUT2D eigenvalue weighted by Crippen LogP contribution is -2.04. The van der Waals surface area contributed by atoms with Crippen molar-refractivity contribution >= 4 is 22.2 Å². The average Bonchev–Trinajstić information content (AvgIpc) is 2.63. The average molecular weight is 283 g/mol. The lowest BCUT2D eigenvalue weighted by atomic mass is 10.3. The van der Waals surface area contributed by atoms with Crippen LogP contribution in [0.25, 0.3) is 5.69 Å². The Kier molecular flexibility index (Phi) is 2.87. The van der Waals surface area contributed by atoms with Crippen LogP contribution in [0.3, 0.4) is 0 Å². The van der Waals surface area contributed by atoms with Crippen LogP contribution in [0.1, 0.15) is 16.2 Å². The van der Waals surface area contributed by atoms with Crippen LogP contribution in [0.4, 0.5) is 4.39 Å². The molecule has 0 saturated heterocycles. The highest BCUT2D eigenvalue weighted by Crippen LogP contribution is 2.22. The van der Waals surface area contributed by atoms with Crippen LogP contribution in [0, 0.1) is 12.7 Å². The molecule has 3 nitrogen and oxygen atoms in total. The molecular formula is C11H8BrFN2O. The summed E-state index contributed by atoms with van der Waals surface area (Å²) in [6.45, 7) is 1.75. The first kappa shape index (κ1) is 11.0. The summed E-state index contributed by atoms with van der Waals surface area (Å²) in [4.78, 5) is 10.8. The van der Waals surface area contributed by atoms with E-state index in [9.17, 15) is 9.18 Å². The quantitative estimate of drug-likeness (QED) is 0.794. The van der Waals surface area contributed by atoms with Gasteiger partial charge in [-0.15, -0.1) is 0 Å². The summed E-state index contributed by atoms with van der Waals surface area (Å²) in [5.74, 6) is -0.436. The minimum absolute atomic E-state index is 0.254. The van der Waals surface area contributed by atoms with Gasteiger partial charge in [-0.25, -0.2) is 9.07 Å². The minimum atomic E-state index is -0.436. The Bertz CT molecular complexity index is 551. The van der Waals surface area contributed by atoms with Gasteiger partial charge in [0.25, 0.3) is 0 Å². The van der Waals surface area contributed by atoms with Crippen molar-refractivity contribution in [2.75, 3.05) is 0 Å². The summed E-state index contributed by atoms with van der Waals surface area (Å²) < 4.78 is 15.4. The van der Waals surface area contributed by atoms with Gasteiger partial charge >= 0.3 is 0 Å². The summed E-state index contributed by atoms with van der Waals surface area (Å²) in [5, 5.41) is 4.08. The molecule has 5 heteroatoms. The third-order valence-corrected chi connectivity index (χ3v) is 2.75. The fourth-order valence-corrected chi connectivity index (χ4v) is 1.81. The molecule has 2 aromatic rings. The number of aldehydes is 1. The second-order valence-electron chi connectivity index (χ2n) is 3.31. The van der Waals surface area contributed by atoms with Crippen molar-refractivity contribution < 1.29 is 9.18 Å². The largest absolute Gasteiger partial charge is 0.296 e. The SMILES string of the molecule is Cc1cc(C=O)n(-c2cccc(Br)c2F)n1. The van der Waals surface area contributed by atoms with E-state index in [2.05, 4.69) is 21.0 Å². The van der Waals surface area contributed by atoms with Crippen molar-refractivity contribution in [3.63, 3.8) is 0 Å². The smallest absolute Gasteiger partial charge is 0.168 e. The number of aromatic nitrogens is 2. The molecule has 2 rings (SSSR count). The first-order chi connectivity index (χ1) is 7.63. The first-order valence-electron chi connectivity index (χ1n) is 4.59. The molecule has 82 valence electrons. The van der Waals surface area contributed by atoms with Gasteiger partial charge in [0.05, 0.1) is 10.2 Å². The number of hydrogen-bond acceptors (Lipinski definition) is 2. The molecular weight excluding hydrogens is 275 g/mol. The molecule has 0 radical (unpaired) electrons. The fourth-order valence-electron chi connectivity index (χ4n) is 1.45. The van der Waals surface area contributed by atoms with Crippen LogP contribution in [0.2, 0.25) is 0 Å². The number of halogens is 2. The second-order valence-corrected chi connectivity index (χ2v) is 4.17. The number of aryl methyl sites for hydroxylation is 1. The normalized spacial score (nSPS) is 10.4. The maximum atomic E-state index is 13.8. The Hall–Kier alpha value is -1.49. The second kappa shape index (κ2) is 4.17. The number of carbonyl (C=O) groups excluding carboxylic acids is 1. The van der Waals surface area contributed by atoms with Crippen molar-refractivity contribution in [1.29, 1.82) is 0 Å². The Labute approximate surface area is 100 Å². The van der Waals surface area contributed by atoms with Gasteiger partial charge in [-0.3, -0.25) is 4.79 Å². The Morgan fingerprint density at radius 1 is 1.50 bits per heavy atom. The van der Waals surface area contributed by atoms with Gasteiger partial charge in [0, 0.05) is 0 Å². The lowest BCUT2D eigenvalue weighted by Gasteiger charge is -2.05. The van der Waals surface area contributed by atoms with Gasteiger partial charge in [0.15, 0.2) is 12.1 Å². The Morgan fingerprint density at radius 3 is 2.94 bits per heavy atom. The predicted octanol–water partition coefficient (Wildman–Crippen LogP) is 2.89. The third kappa shape index (κ3) is 1.78. The molecule has 0 saturated carbocycles. The van der Waals surface area contributed by atoms with E-state index in [-0.39, 0.29) is 5.69 Å². The highest BCUT2D eigenvalue weighted by atomic mass is 79.9. The number of benzene rings is 1. The zero-order valence-corrected chi connectivity index (χ0v) is 10.0. The third-order valence-electron chi connectivity index (χ3n) is 2.14. The van der Waals surface area contributed by atoms with E-state index in [4.69, 9.17) is 0 Å². The monoisotopic (exact) mass is 282 g/mol. The van der Waals surface area contributed by atoms with E-state index in [1.165, 1.54) is 4.68 Å². The van der Waals surface area contributed by atoms with Gasteiger partial charge in [-0.1, -0.05) is 6.07 Å². The van der Waals surface area contributed by atoms with Crippen molar-refractivity contribution in [3.8, 4) is 5.69 Å². The molecule has 0 aliphatic carbocycles. The molecule has 1 aromatic heterocycles. The molecule has 1 heterocycles. The molecule has 0 aliphatic heterocycles. The van der Waals surface area contributed by atoms with Gasteiger partial charge < -0.3 is 0 Å². The van der Waals surface area contributed by atoms with Gasteiger partial charge in [-0.05, 0) is 41.1 Å². The molecule has 1 aromatic carbocycles. The minimum Gasteiger partial charge on any atom is -0.296 e. The summed E-state index contributed by atoms with van der Waals surface area (Å²) in [6, 6.07) is 6.46. The molecule has 0 bridgehead atoms. The molecule has 0 fully saturated rings. The summed E-state index contributed by atoms with van der Waals surface area (Å²) in [5.41, 5.74) is 1.25. The topological polar surface area (TPSA) is 34.9 Å². The van der Waals surface area contributed by atoms with Gasteiger partial charge in [0.1, 0.15) is 11.4 Å². The van der Waals surface area contributed by atoms with Crippen molar-refractivity contribution in [2.24, 2.45) is 0 Å². The first-order valence-corrected chi connectivity index (χ1v) is 5.39. The van der Waals surface area contributed by atoms with E-state index in [1.807, 2.05) is 0 Å². The fraction of sp³-hybridized carbons (Fsp3) is 0.0909. The van der Waals surface area contributed by atoms with Crippen molar-refractivity contribution in [1.82, 2.24) is 9.78 Å². The molecule has 0 amide bonds. The van der Waals surface area contributed by atoms with Crippen LogP contribution in [-0.4, -0.2) is 16.1 Å². The van der Waals surface area contributed by atoms with Crippen LogP contribution in [-0.2, 0) is 0 Å². The van der Waals surface area contributed by atoms with Crippen molar-refractivity contribution in [3.05, 3.63) is 45.9 Å². The standard InChI is InChI=1S/C11H8BrFN2O/c1-7-5-8(6-16)15(14-7)10-4-2-3-9(12)11(10)13/h2-6H,1H3. The summed E-state index contributed by atoms with van der Waals surface area (Å²) in [7, 11) is 0. The van der Waals surface area contributed by atoms with E-state index in [1.54, 1.807) is 31.2 Å². The molecule has 16 heavy (non-hydrogen) atoms. The summed E-state index contributed by atoms with van der Waals surface area (Å²) in [6.07, 6.45) is 0.653. The number of carbonyl (C=O) groups is 1. The highest BCUT2D eigenvalue weighted by molar-refractivity contribution is 9.10. The van der Waals surface area contributed by atoms with E-state index < -0.39 is 5.82 Å². The highest BCUT2D eigenvalue weighted by Gasteiger charge is 2.12. The molecule has 0 aliphatic rings. The van der Waals surface area contributed by atoms with E-state index in [0.717, 1.165) is 0 Å². The zero-order chi connectivity index (χ0) is 11.7. The zero-order valence-electron chi connectivity index (χ0n) is 8.45. The van der Waals surface area contributed by atoms with E-state index >= 15 is 0 Å². The van der Waals surface area contributed by atoms with Gasteiger partial charge in [0.2, 0.25) is 0 Å². The predicted molar refractivity (Wildman–Crippen MR) is 61.3 cm³/mol.